The molecule has 1 aromatic rings. The van der Waals surface area contributed by atoms with Crippen molar-refractivity contribution in [2.75, 3.05) is 46.2 Å². The van der Waals surface area contributed by atoms with E-state index in [2.05, 4.69) is 18.7 Å². The lowest BCUT2D eigenvalue weighted by atomic mass is 9.57. The highest BCUT2D eigenvalue weighted by molar-refractivity contribution is 6.24. The van der Waals surface area contributed by atoms with Gasteiger partial charge in [-0.05, 0) is 70.4 Å². The summed E-state index contributed by atoms with van der Waals surface area (Å²) in [4.78, 5) is 45.6. The number of benzene rings is 1. The molecule has 1 aromatic carbocycles. The number of hydrogen-bond acceptors (Lipinski definition) is 10. The van der Waals surface area contributed by atoms with Gasteiger partial charge in [0.05, 0.1) is 11.6 Å². The number of likely N-dealkylation sites (N-methyl/N-ethyl adjacent to an activating group) is 1. The van der Waals surface area contributed by atoms with E-state index >= 15 is 0 Å². The van der Waals surface area contributed by atoms with E-state index in [1.807, 2.05) is 25.1 Å². The number of fused-ring (bicyclic) bond motifs is 3. The summed E-state index contributed by atoms with van der Waals surface area (Å²) in [6, 6.07) is 0.832. The molecule has 0 aromatic heterocycles. The Balaban J connectivity index is 1.86. The Bertz CT molecular complexity index is 1410. The Labute approximate surface area is 266 Å². The molecule has 0 bridgehead atoms. The molecule has 0 heterocycles. The van der Waals surface area contributed by atoms with Crippen LogP contribution in [0, 0.1) is 11.8 Å². The highest BCUT2D eigenvalue weighted by Crippen LogP contribution is 2.54. The van der Waals surface area contributed by atoms with Crippen molar-refractivity contribution in [1.82, 2.24) is 9.80 Å². The number of phenols is 1. The normalized spacial score (nSPS) is 24.7. The number of aliphatic hydroxyl groups excluding tert-OH is 2. The number of nitrogens with zero attached hydrogens (tertiary/aromatic N) is 3. The zero-order chi connectivity index (χ0) is 33.4. The van der Waals surface area contributed by atoms with Crippen LogP contribution in [0.4, 0.5) is 5.69 Å². The first kappa shape index (κ1) is 34.5. The SMILES string of the molecule is CCCCCN(CCCCC)Cc1cc(N(C)C)c2c(c1O)C(O)=C1C(=O)[C@]3(O)C(O)=C(C(N)=O)C(=O)[C@@H](N(C)C)[C@@H]3C[C@@H]1C2. The van der Waals surface area contributed by atoms with Crippen LogP contribution in [-0.2, 0) is 27.3 Å². The van der Waals surface area contributed by atoms with Crippen molar-refractivity contribution in [2.45, 2.75) is 83.4 Å². The van der Waals surface area contributed by atoms with E-state index < -0.39 is 58.0 Å². The monoisotopic (exact) mass is 626 g/mol. The summed E-state index contributed by atoms with van der Waals surface area (Å²) in [5, 5.41) is 46.5. The van der Waals surface area contributed by atoms with Crippen LogP contribution in [0.5, 0.6) is 5.75 Å². The molecule has 11 heteroatoms. The van der Waals surface area contributed by atoms with Gasteiger partial charge in [0, 0.05) is 43.4 Å². The summed E-state index contributed by atoms with van der Waals surface area (Å²) in [6.45, 7) is 6.51. The molecule has 1 saturated carbocycles. The average Bonchev–Trinajstić information content (AvgIpc) is 2.95. The smallest absolute Gasteiger partial charge is 0.255 e. The van der Waals surface area contributed by atoms with E-state index in [0.29, 0.717) is 17.7 Å². The van der Waals surface area contributed by atoms with Crippen LogP contribution in [0.15, 0.2) is 23.0 Å². The van der Waals surface area contributed by atoms with Gasteiger partial charge in [0.25, 0.3) is 5.91 Å². The predicted molar refractivity (Wildman–Crippen MR) is 173 cm³/mol. The number of aromatic hydroxyl groups is 1. The first-order valence-electron chi connectivity index (χ1n) is 16.1. The van der Waals surface area contributed by atoms with Crippen molar-refractivity contribution in [3.63, 3.8) is 0 Å². The second-order valence-corrected chi connectivity index (χ2v) is 13.3. The molecule has 248 valence electrons. The van der Waals surface area contributed by atoms with Gasteiger partial charge in [0.1, 0.15) is 22.8 Å². The molecular formula is C34H50N4O7. The lowest BCUT2D eigenvalue weighted by Gasteiger charge is -2.50. The summed E-state index contributed by atoms with van der Waals surface area (Å²) in [6.07, 6.45) is 6.76. The number of primary amides is 1. The summed E-state index contributed by atoms with van der Waals surface area (Å²) < 4.78 is 0. The second-order valence-electron chi connectivity index (χ2n) is 13.3. The van der Waals surface area contributed by atoms with Crippen LogP contribution < -0.4 is 10.6 Å². The number of carbonyl (C=O) groups is 3. The molecule has 4 rings (SSSR count). The van der Waals surface area contributed by atoms with E-state index in [0.717, 1.165) is 57.3 Å². The molecule has 0 aliphatic heterocycles. The maximum Gasteiger partial charge on any atom is 0.255 e. The van der Waals surface area contributed by atoms with Gasteiger partial charge in [-0.15, -0.1) is 0 Å². The van der Waals surface area contributed by atoms with Crippen LogP contribution in [-0.4, -0.2) is 101 Å². The number of carbonyl (C=O) groups excluding carboxylic acids is 3. The summed E-state index contributed by atoms with van der Waals surface area (Å²) in [7, 11) is 6.94. The molecule has 0 radical (unpaired) electrons. The predicted octanol–water partition coefficient (Wildman–Crippen LogP) is 3.21. The standard InChI is InChI=1S/C34H50N4O7/c1-7-9-11-13-38(14-12-10-8-2)18-20-17-23(36(3)4)21-15-19-16-22-27(37(5)6)30(41)26(33(35)44)32(43)34(22,45)31(42)24(19)29(40)25(21)28(20)39/h17,19,22,27,39-40,43,45H,7-16,18H2,1-6H3,(H2,35,44)/t19-,22-,27-,34-/m0/s1. The fourth-order valence-electron chi connectivity index (χ4n) is 7.55. The van der Waals surface area contributed by atoms with Crippen LogP contribution in [0.1, 0.15) is 75.5 Å². The number of anilines is 1. The minimum atomic E-state index is -2.66. The highest BCUT2D eigenvalue weighted by Gasteiger charge is 2.64. The Morgan fingerprint density at radius 3 is 2.11 bits per heavy atom. The number of Topliss-reactive ketones (excluding diaryl/α,β-unsaturated/α-hetero) is 2. The van der Waals surface area contributed by atoms with Gasteiger partial charge >= 0.3 is 0 Å². The average molecular weight is 627 g/mol. The van der Waals surface area contributed by atoms with Crippen molar-refractivity contribution in [1.29, 1.82) is 0 Å². The van der Waals surface area contributed by atoms with Crippen LogP contribution in [0.25, 0.3) is 5.76 Å². The molecule has 45 heavy (non-hydrogen) atoms. The molecule has 1 amide bonds. The van der Waals surface area contributed by atoms with E-state index in [4.69, 9.17) is 5.73 Å². The topological polar surface area (TPSA) is 168 Å². The van der Waals surface area contributed by atoms with Gasteiger partial charge in [-0.1, -0.05) is 39.5 Å². The van der Waals surface area contributed by atoms with Gasteiger partial charge in [-0.3, -0.25) is 24.2 Å². The number of amides is 1. The third-order valence-electron chi connectivity index (χ3n) is 9.81. The van der Waals surface area contributed by atoms with E-state index in [9.17, 15) is 34.8 Å². The van der Waals surface area contributed by atoms with Gasteiger partial charge in [0.2, 0.25) is 5.78 Å². The Morgan fingerprint density at radius 1 is 1.00 bits per heavy atom. The molecule has 1 fully saturated rings. The minimum Gasteiger partial charge on any atom is -0.508 e. The summed E-state index contributed by atoms with van der Waals surface area (Å²) in [5.41, 5.74) is 4.03. The maximum atomic E-state index is 14.2. The van der Waals surface area contributed by atoms with Crippen molar-refractivity contribution in [2.24, 2.45) is 17.6 Å². The Kier molecular flexibility index (Phi) is 10.4. The molecule has 0 spiro atoms. The van der Waals surface area contributed by atoms with E-state index in [-0.39, 0.29) is 29.7 Å². The molecule has 0 unspecified atom stereocenters. The summed E-state index contributed by atoms with van der Waals surface area (Å²) >= 11 is 0. The van der Waals surface area contributed by atoms with E-state index in [1.165, 1.54) is 4.90 Å². The van der Waals surface area contributed by atoms with Gasteiger partial charge in [-0.25, -0.2) is 0 Å². The Morgan fingerprint density at radius 2 is 1.60 bits per heavy atom. The second kappa shape index (κ2) is 13.5. The number of hydrogen-bond donors (Lipinski definition) is 5. The fraction of sp³-hybridized carbons (Fsp3) is 0.618. The number of ketones is 2. The molecule has 6 N–H and O–H groups in total. The van der Waals surface area contributed by atoms with Crippen molar-refractivity contribution >= 4 is 28.9 Å². The molecule has 0 saturated heterocycles. The highest BCUT2D eigenvalue weighted by atomic mass is 16.3. The largest absolute Gasteiger partial charge is 0.508 e. The van der Waals surface area contributed by atoms with Crippen molar-refractivity contribution < 1.29 is 34.8 Å². The van der Waals surface area contributed by atoms with Gasteiger partial charge < -0.3 is 31.1 Å². The van der Waals surface area contributed by atoms with Crippen LogP contribution in [0.3, 0.4) is 0 Å². The lowest BCUT2D eigenvalue weighted by Crippen LogP contribution is -2.65. The number of phenolic OH excluding ortho intramolecular Hbond substituents is 1. The number of unbranched alkanes of at least 4 members (excludes halogenated alkanes) is 4. The molecular weight excluding hydrogens is 576 g/mol. The van der Waals surface area contributed by atoms with Gasteiger partial charge in [0.15, 0.2) is 11.4 Å². The third-order valence-corrected chi connectivity index (χ3v) is 9.81. The van der Waals surface area contributed by atoms with E-state index in [1.54, 1.807) is 14.1 Å². The van der Waals surface area contributed by atoms with Crippen molar-refractivity contribution in [3.8, 4) is 5.75 Å². The third kappa shape index (κ3) is 5.97. The fourth-order valence-corrected chi connectivity index (χ4v) is 7.55. The number of aliphatic hydroxyl groups is 3. The van der Waals surface area contributed by atoms with Crippen LogP contribution >= 0.6 is 0 Å². The molecule has 4 atom stereocenters. The molecule has 3 aliphatic rings. The van der Waals surface area contributed by atoms with Gasteiger partial charge in [-0.2, -0.15) is 0 Å². The zero-order valence-corrected chi connectivity index (χ0v) is 27.5. The Hall–Kier alpha value is -3.41. The lowest BCUT2D eigenvalue weighted by molar-refractivity contribution is -0.153. The first-order valence-corrected chi connectivity index (χ1v) is 16.1. The first-order chi connectivity index (χ1) is 21.2. The maximum absolute atomic E-state index is 14.2. The number of rotatable bonds is 13. The molecule has 3 aliphatic carbocycles. The quantitative estimate of drug-likeness (QED) is 0.162. The van der Waals surface area contributed by atoms with Crippen molar-refractivity contribution in [3.05, 3.63) is 39.7 Å². The number of nitrogens with two attached hydrogens (primary N) is 1. The minimum absolute atomic E-state index is 0.0593. The zero-order valence-electron chi connectivity index (χ0n) is 27.5. The summed E-state index contributed by atoms with van der Waals surface area (Å²) in [5.74, 6) is -6.40. The van der Waals surface area contributed by atoms with Crippen LogP contribution in [0.2, 0.25) is 0 Å². The molecule has 11 nitrogen and oxygen atoms in total.